The number of alkyl halides is 1. The van der Waals surface area contributed by atoms with Crippen molar-refractivity contribution < 1.29 is 9.50 Å². The molecule has 0 bridgehead atoms. The SMILES string of the molecule is Oc1ccccc1C1CC(F)C1. The molecule has 1 N–H and O–H groups in total. The molecule has 0 amide bonds. The Labute approximate surface area is 70.8 Å². The molecule has 1 nitrogen and oxygen atoms in total. The molecule has 0 heterocycles. The third-order valence-corrected chi connectivity index (χ3v) is 2.46. The summed E-state index contributed by atoms with van der Waals surface area (Å²) in [4.78, 5) is 0. The lowest BCUT2D eigenvalue weighted by molar-refractivity contribution is 0.177. The van der Waals surface area contributed by atoms with E-state index in [0.717, 1.165) is 5.56 Å². The van der Waals surface area contributed by atoms with Crippen molar-refractivity contribution >= 4 is 0 Å². The van der Waals surface area contributed by atoms with Gasteiger partial charge in [0.25, 0.3) is 0 Å². The molecule has 12 heavy (non-hydrogen) atoms. The van der Waals surface area contributed by atoms with Crippen molar-refractivity contribution in [3.05, 3.63) is 29.8 Å². The van der Waals surface area contributed by atoms with Gasteiger partial charge in [-0.2, -0.15) is 0 Å². The highest BCUT2D eigenvalue weighted by Gasteiger charge is 2.31. The Morgan fingerprint density at radius 3 is 2.50 bits per heavy atom. The molecule has 64 valence electrons. The van der Waals surface area contributed by atoms with Crippen LogP contribution >= 0.6 is 0 Å². The molecule has 0 aromatic heterocycles. The maximum Gasteiger partial charge on any atom is 0.119 e. The summed E-state index contributed by atoms with van der Waals surface area (Å²) in [6, 6.07) is 7.18. The molecule has 0 unspecified atom stereocenters. The predicted molar refractivity (Wildman–Crippen MR) is 45.0 cm³/mol. The van der Waals surface area contributed by atoms with Crippen LogP contribution in [0.15, 0.2) is 24.3 Å². The standard InChI is InChI=1S/C10H11FO/c11-8-5-7(6-8)9-3-1-2-4-10(9)12/h1-4,7-8,12H,5-6H2. The van der Waals surface area contributed by atoms with Gasteiger partial charge < -0.3 is 5.11 Å². The Balaban J connectivity index is 2.18. The van der Waals surface area contributed by atoms with Crippen molar-refractivity contribution in [1.82, 2.24) is 0 Å². The van der Waals surface area contributed by atoms with Crippen LogP contribution in [0.4, 0.5) is 4.39 Å². The van der Waals surface area contributed by atoms with Gasteiger partial charge in [0.1, 0.15) is 11.9 Å². The summed E-state index contributed by atoms with van der Waals surface area (Å²) in [7, 11) is 0. The fraction of sp³-hybridized carbons (Fsp3) is 0.400. The van der Waals surface area contributed by atoms with E-state index in [-0.39, 0.29) is 5.92 Å². The van der Waals surface area contributed by atoms with Crippen molar-refractivity contribution in [1.29, 1.82) is 0 Å². The van der Waals surface area contributed by atoms with Crippen LogP contribution in [0.1, 0.15) is 24.3 Å². The number of para-hydroxylation sites is 1. The zero-order valence-corrected chi connectivity index (χ0v) is 6.70. The highest BCUT2D eigenvalue weighted by Crippen LogP contribution is 2.41. The zero-order valence-electron chi connectivity index (χ0n) is 6.70. The van der Waals surface area contributed by atoms with Gasteiger partial charge in [-0.25, -0.2) is 4.39 Å². The number of rotatable bonds is 1. The summed E-state index contributed by atoms with van der Waals surface area (Å²) in [5, 5.41) is 9.41. The lowest BCUT2D eigenvalue weighted by Crippen LogP contribution is -2.22. The van der Waals surface area contributed by atoms with Gasteiger partial charge in [0.05, 0.1) is 0 Å². The van der Waals surface area contributed by atoms with Crippen LogP contribution in [0.5, 0.6) is 5.75 Å². The van der Waals surface area contributed by atoms with Crippen LogP contribution in [0.25, 0.3) is 0 Å². The maximum atomic E-state index is 12.5. The summed E-state index contributed by atoms with van der Waals surface area (Å²) in [6.45, 7) is 0. The Hall–Kier alpha value is -1.05. The first kappa shape index (κ1) is 7.59. The van der Waals surface area contributed by atoms with Gasteiger partial charge in [-0.15, -0.1) is 0 Å². The largest absolute Gasteiger partial charge is 0.508 e. The first-order chi connectivity index (χ1) is 5.77. The zero-order chi connectivity index (χ0) is 8.55. The average Bonchev–Trinajstić information content (AvgIpc) is 2.01. The van der Waals surface area contributed by atoms with Crippen LogP contribution in [0.2, 0.25) is 0 Å². The molecular formula is C10H11FO. The average molecular weight is 166 g/mol. The summed E-state index contributed by atoms with van der Waals surface area (Å²) in [5.41, 5.74) is 0.895. The molecule has 0 atom stereocenters. The van der Waals surface area contributed by atoms with Gasteiger partial charge in [0, 0.05) is 0 Å². The molecule has 1 saturated carbocycles. The number of hydrogen-bond donors (Lipinski definition) is 1. The number of halogens is 1. The van der Waals surface area contributed by atoms with Gasteiger partial charge in [-0.3, -0.25) is 0 Å². The molecule has 1 aromatic carbocycles. The smallest absolute Gasteiger partial charge is 0.119 e. The second kappa shape index (κ2) is 2.77. The van der Waals surface area contributed by atoms with E-state index >= 15 is 0 Å². The minimum absolute atomic E-state index is 0.237. The molecule has 1 aliphatic rings. The maximum absolute atomic E-state index is 12.5. The Morgan fingerprint density at radius 1 is 1.25 bits per heavy atom. The second-order valence-electron chi connectivity index (χ2n) is 3.32. The molecule has 1 aliphatic carbocycles. The predicted octanol–water partition coefficient (Wildman–Crippen LogP) is 2.61. The third kappa shape index (κ3) is 1.17. The molecule has 0 spiro atoms. The van der Waals surface area contributed by atoms with E-state index in [1.807, 2.05) is 12.1 Å². The number of hydrogen-bond acceptors (Lipinski definition) is 1. The van der Waals surface area contributed by atoms with Gasteiger partial charge in [0.2, 0.25) is 0 Å². The van der Waals surface area contributed by atoms with Gasteiger partial charge in [-0.1, -0.05) is 18.2 Å². The lowest BCUT2D eigenvalue weighted by atomic mass is 9.78. The van der Waals surface area contributed by atoms with E-state index in [2.05, 4.69) is 0 Å². The Morgan fingerprint density at radius 2 is 1.92 bits per heavy atom. The van der Waals surface area contributed by atoms with Crippen LogP contribution < -0.4 is 0 Å². The minimum atomic E-state index is -0.658. The normalized spacial score (nSPS) is 28.1. The molecule has 1 aromatic rings. The van der Waals surface area contributed by atoms with E-state index < -0.39 is 6.17 Å². The van der Waals surface area contributed by atoms with Gasteiger partial charge in [0.15, 0.2) is 0 Å². The van der Waals surface area contributed by atoms with Crippen LogP contribution in [-0.4, -0.2) is 11.3 Å². The summed E-state index contributed by atoms with van der Waals surface area (Å²) < 4.78 is 12.5. The molecule has 0 aliphatic heterocycles. The number of phenolic OH excluding ortho intramolecular Hbond substituents is 1. The van der Waals surface area contributed by atoms with Crippen molar-refractivity contribution in [2.75, 3.05) is 0 Å². The van der Waals surface area contributed by atoms with Crippen LogP contribution in [-0.2, 0) is 0 Å². The van der Waals surface area contributed by atoms with Crippen LogP contribution in [0, 0.1) is 0 Å². The molecule has 0 radical (unpaired) electrons. The highest BCUT2D eigenvalue weighted by atomic mass is 19.1. The van der Waals surface area contributed by atoms with Crippen molar-refractivity contribution in [3.8, 4) is 5.75 Å². The van der Waals surface area contributed by atoms with E-state index in [9.17, 15) is 9.50 Å². The summed E-state index contributed by atoms with van der Waals surface area (Å²) >= 11 is 0. The van der Waals surface area contributed by atoms with Crippen molar-refractivity contribution in [2.45, 2.75) is 24.9 Å². The minimum Gasteiger partial charge on any atom is -0.508 e. The second-order valence-corrected chi connectivity index (χ2v) is 3.32. The van der Waals surface area contributed by atoms with Gasteiger partial charge >= 0.3 is 0 Å². The molecule has 1 fully saturated rings. The monoisotopic (exact) mass is 166 g/mol. The first-order valence-electron chi connectivity index (χ1n) is 4.19. The highest BCUT2D eigenvalue weighted by molar-refractivity contribution is 5.36. The molecule has 2 rings (SSSR count). The fourth-order valence-corrected chi connectivity index (χ4v) is 1.64. The molecule has 0 saturated heterocycles. The number of benzene rings is 1. The Bertz CT molecular complexity index is 279. The molecular weight excluding hydrogens is 155 g/mol. The van der Waals surface area contributed by atoms with E-state index in [1.54, 1.807) is 12.1 Å². The quantitative estimate of drug-likeness (QED) is 0.679. The van der Waals surface area contributed by atoms with E-state index in [4.69, 9.17) is 0 Å². The van der Waals surface area contributed by atoms with Gasteiger partial charge in [-0.05, 0) is 30.4 Å². The topological polar surface area (TPSA) is 20.2 Å². The fourth-order valence-electron chi connectivity index (χ4n) is 1.64. The first-order valence-corrected chi connectivity index (χ1v) is 4.19. The van der Waals surface area contributed by atoms with E-state index in [1.165, 1.54) is 0 Å². The molecule has 2 heteroatoms. The summed E-state index contributed by atoms with van der Waals surface area (Å²) in [5.74, 6) is 0.538. The van der Waals surface area contributed by atoms with E-state index in [0.29, 0.717) is 18.6 Å². The van der Waals surface area contributed by atoms with Crippen molar-refractivity contribution in [3.63, 3.8) is 0 Å². The van der Waals surface area contributed by atoms with Crippen molar-refractivity contribution in [2.24, 2.45) is 0 Å². The third-order valence-electron chi connectivity index (χ3n) is 2.46. The lowest BCUT2D eigenvalue weighted by Gasteiger charge is -2.30. The van der Waals surface area contributed by atoms with Crippen LogP contribution in [0.3, 0.4) is 0 Å². The number of aromatic hydroxyl groups is 1. The number of phenols is 1. The Kier molecular flexibility index (Phi) is 1.75. The summed E-state index contributed by atoms with van der Waals surface area (Å²) in [6.07, 6.45) is 0.476.